The third-order valence-corrected chi connectivity index (χ3v) is 5.32. The maximum atomic E-state index is 12.0. The van der Waals surface area contributed by atoms with Crippen LogP contribution in [0.25, 0.3) is 0 Å². The van der Waals surface area contributed by atoms with Gasteiger partial charge in [0.05, 0.1) is 6.04 Å². The highest BCUT2D eigenvalue weighted by atomic mass is 16.7. The summed E-state index contributed by atoms with van der Waals surface area (Å²) in [5, 5.41) is 14.6. The minimum absolute atomic E-state index is 0.0129. The van der Waals surface area contributed by atoms with Gasteiger partial charge in [0, 0.05) is 11.4 Å². The number of imide groups is 1. The Labute approximate surface area is 167 Å². The Hall–Kier alpha value is -3.55. The van der Waals surface area contributed by atoms with E-state index in [0.717, 1.165) is 16.8 Å². The number of carboxylic acid groups (broad SMARTS) is 1. The van der Waals surface area contributed by atoms with Gasteiger partial charge in [-0.15, -0.1) is 0 Å². The van der Waals surface area contributed by atoms with Crippen molar-refractivity contribution in [1.29, 1.82) is 0 Å². The van der Waals surface area contributed by atoms with E-state index >= 15 is 0 Å². The number of urea groups is 1. The van der Waals surface area contributed by atoms with Crippen molar-refractivity contribution in [3.05, 3.63) is 53.6 Å². The van der Waals surface area contributed by atoms with E-state index in [1.165, 1.54) is 4.90 Å². The van der Waals surface area contributed by atoms with Gasteiger partial charge in [-0.3, -0.25) is 15.0 Å². The molecule has 2 aromatic rings. The van der Waals surface area contributed by atoms with E-state index in [0.29, 0.717) is 17.9 Å². The maximum absolute atomic E-state index is 12.0. The number of fused-ring (bicyclic) bond motifs is 1. The number of carbonyl (C=O) groups is 3. The smallest absolute Gasteiger partial charge is 0.449 e. The quantitative estimate of drug-likeness (QED) is 0.417. The number of nitrogens with zero attached hydrogens (tertiary/aromatic N) is 1. The van der Waals surface area contributed by atoms with Gasteiger partial charge in [-0.1, -0.05) is 26.0 Å². The van der Waals surface area contributed by atoms with E-state index in [-0.39, 0.29) is 23.9 Å². The van der Waals surface area contributed by atoms with Crippen molar-refractivity contribution in [3.63, 3.8) is 0 Å². The van der Waals surface area contributed by atoms with Crippen LogP contribution in [0.1, 0.15) is 31.0 Å². The minimum Gasteiger partial charge on any atom is -0.449 e. The highest BCUT2D eigenvalue weighted by molar-refractivity contribution is 6.12. The second kappa shape index (κ2) is 6.80. The first-order chi connectivity index (χ1) is 13.7. The molecule has 1 atom stereocenters. The maximum Gasteiger partial charge on any atom is 0.511 e. The number of carbonyl (C=O) groups excluding carboxylic acids is 2. The molecule has 4 rings (SSSR count). The molecule has 2 heterocycles. The Kier molecular flexibility index (Phi) is 4.41. The molecule has 3 N–H and O–H groups in total. The molecule has 1 unspecified atom stereocenters. The molecule has 3 amide bonds. The lowest BCUT2D eigenvalue weighted by Crippen LogP contribution is -2.35. The molecule has 29 heavy (non-hydrogen) atoms. The van der Waals surface area contributed by atoms with Crippen molar-refractivity contribution < 1.29 is 24.2 Å². The molecule has 150 valence electrons. The first-order valence-corrected chi connectivity index (χ1v) is 9.24. The number of ether oxygens (including phenoxy) is 1. The lowest BCUT2D eigenvalue weighted by atomic mass is 9.73. The molecule has 1 fully saturated rings. The molecule has 0 saturated carbocycles. The molecule has 0 aliphatic carbocycles. The number of benzene rings is 2. The highest BCUT2D eigenvalue weighted by Crippen LogP contribution is 2.46. The minimum atomic E-state index is -1.34. The Morgan fingerprint density at radius 1 is 1.21 bits per heavy atom. The van der Waals surface area contributed by atoms with Crippen LogP contribution in [0.15, 0.2) is 42.5 Å². The number of nitrogens with one attached hydrogen (secondary N) is 2. The van der Waals surface area contributed by atoms with Crippen LogP contribution in [-0.2, 0) is 11.2 Å². The standard InChI is InChI=1S/C21H21N3O5/c1-21(2)10-13-9-15(29-20(27)28)6-7-16(13)22-18(21)12-4-3-5-14(8-12)24-11-17(25)23-19(24)26/h3-9,18,22H,10-11H2,1-2H3,(H,27,28)(H,23,25,26). The Bertz CT molecular complexity index is 1020. The van der Waals surface area contributed by atoms with E-state index in [2.05, 4.69) is 24.5 Å². The van der Waals surface area contributed by atoms with Gasteiger partial charge in [-0.2, -0.15) is 0 Å². The molecule has 0 bridgehead atoms. The van der Waals surface area contributed by atoms with Crippen LogP contribution in [0.4, 0.5) is 21.0 Å². The predicted octanol–water partition coefficient (Wildman–Crippen LogP) is 3.54. The van der Waals surface area contributed by atoms with Gasteiger partial charge >= 0.3 is 12.2 Å². The molecule has 2 aromatic carbocycles. The summed E-state index contributed by atoms with van der Waals surface area (Å²) >= 11 is 0. The molecular formula is C21H21N3O5. The lowest BCUT2D eigenvalue weighted by Gasteiger charge is -2.41. The molecule has 0 radical (unpaired) electrons. The normalized spacial score (nSPS) is 19.9. The third kappa shape index (κ3) is 3.61. The first kappa shape index (κ1) is 18.8. The second-order valence-electron chi connectivity index (χ2n) is 7.96. The van der Waals surface area contributed by atoms with Gasteiger partial charge < -0.3 is 15.2 Å². The fourth-order valence-electron chi connectivity index (χ4n) is 4.02. The van der Waals surface area contributed by atoms with Crippen molar-refractivity contribution >= 4 is 29.5 Å². The number of amides is 3. The third-order valence-electron chi connectivity index (χ3n) is 5.32. The fourth-order valence-corrected chi connectivity index (χ4v) is 4.02. The zero-order chi connectivity index (χ0) is 20.8. The van der Waals surface area contributed by atoms with Crippen molar-refractivity contribution in [2.24, 2.45) is 5.41 Å². The summed E-state index contributed by atoms with van der Waals surface area (Å²) < 4.78 is 4.77. The SMILES string of the molecule is CC1(C)Cc2cc(OC(=O)O)ccc2NC1c1cccc(N2CC(=O)NC2=O)c1. The van der Waals surface area contributed by atoms with Crippen molar-refractivity contribution in [1.82, 2.24) is 5.32 Å². The van der Waals surface area contributed by atoms with E-state index < -0.39 is 12.2 Å². The van der Waals surface area contributed by atoms with E-state index in [1.807, 2.05) is 24.3 Å². The van der Waals surface area contributed by atoms with Gasteiger partial charge in [-0.25, -0.2) is 9.59 Å². The van der Waals surface area contributed by atoms with Gasteiger partial charge in [0.15, 0.2) is 0 Å². The van der Waals surface area contributed by atoms with Crippen LogP contribution in [0.2, 0.25) is 0 Å². The van der Waals surface area contributed by atoms with Crippen molar-refractivity contribution in [2.45, 2.75) is 26.3 Å². The number of anilines is 2. The van der Waals surface area contributed by atoms with Crippen LogP contribution < -0.4 is 20.3 Å². The largest absolute Gasteiger partial charge is 0.511 e. The van der Waals surface area contributed by atoms with Crippen LogP contribution >= 0.6 is 0 Å². The average Bonchev–Trinajstić information content (AvgIpc) is 2.98. The zero-order valence-corrected chi connectivity index (χ0v) is 16.1. The zero-order valence-electron chi connectivity index (χ0n) is 16.1. The van der Waals surface area contributed by atoms with Crippen LogP contribution in [0.3, 0.4) is 0 Å². The summed E-state index contributed by atoms with van der Waals surface area (Å²) in [5.41, 5.74) is 3.35. The summed E-state index contributed by atoms with van der Waals surface area (Å²) in [6.45, 7) is 4.26. The highest BCUT2D eigenvalue weighted by Gasteiger charge is 2.37. The fraction of sp³-hybridized carbons (Fsp3) is 0.286. The monoisotopic (exact) mass is 395 g/mol. The van der Waals surface area contributed by atoms with Crippen LogP contribution in [0, 0.1) is 5.41 Å². The Morgan fingerprint density at radius 3 is 2.69 bits per heavy atom. The van der Waals surface area contributed by atoms with E-state index in [4.69, 9.17) is 9.84 Å². The molecular weight excluding hydrogens is 374 g/mol. The predicted molar refractivity (Wildman–Crippen MR) is 106 cm³/mol. The summed E-state index contributed by atoms with van der Waals surface area (Å²) in [6, 6.07) is 12.3. The lowest BCUT2D eigenvalue weighted by molar-refractivity contribution is -0.117. The number of hydrogen-bond acceptors (Lipinski definition) is 5. The summed E-state index contributed by atoms with van der Waals surface area (Å²) in [5.74, 6) is -0.0242. The second-order valence-corrected chi connectivity index (χ2v) is 7.96. The number of rotatable bonds is 3. The summed E-state index contributed by atoms with van der Waals surface area (Å²) in [7, 11) is 0. The van der Waals surface area contributed by atoms with Gasteiger partial charge in [0.25, 0.3) is 0 Å². The van der Waals surface area contributed by atoms with Crippen molar-refractivity contribution in [3.8, 4) is 5.75 Å². The Balaban J connectivity index is 1.64. The molecule has 8 nitrogen and oxygen atoms in total. The number of hydrogen-bond donors (Lipinski definition) is 3. The average molecular weight is 395 g/mol. The molecule has 8 heteroatoms. The van der Waals surface area contributed by atoms with Crippen LogP contribution in [0.5, 0.6) is 5.75 Å². The van der Waals surface area contributed by atoms with E-state index in [1.54, 1.807) is 18.2 Å². The summed E-state index contributed by atoms with van der Waals surface area (Å²) in [4.78, 5) is 35.7. The molecule has 0 aromatic heterocycles. The first-order valence-electron chi connectivity index (χ1n) is 9.24. The topological polar surface area (TPSA) is 108 Å². The molecule has 0 spiro atoms. The summed E-state index contributed by atoms with van der Waals surface area (Å²) in [6.07, 6.45) is -0.629. The van der Waals surface area contributed by atoms with Crippen molar-refractivity contribution in [2.75, 3.05) is 16.8 Å². The van der Waals surface area contributed by atoms with E-state index in [9.17, 15) is 14.4 Å². The van der Waals surface area contributed by atoms with Gasteiger partial charge in [0.2, 0.25) is 5.91 Å². The molecule has 2 aliphatic rings. The molecule has 2 aliphatic heterocycles. The van der Waals surface area contributed by atoms with Gasteiger partial charge in [0.1, 0.15) is 12.3 Å². The van der Waals surface area contributed by atoms with Gasteiger partial charge in [-0.05, 0) is 53.3 Å². The molecule has 1 saturated heterocycles. The Morgan fingerprint density at radius 2 is 2.00 bits per heavy atom. The van der Waals surface area contributed by atoms with Crippen LogP contribution in [-0.4, -0.2) is 29.7 Å².